The van der Waals surface area contributed by atoms with Crippen LogP contribution in [0.25, 0.3) is 0 Å². The van der Waals surface area contributed by atoms with Crippen molar-refractivity contribution in [2.45, 2.75) is 13.8 Å². The summed E-state index contributed by atoms with van der Waals surface area (Å²) in [6, 6.07) is 5.90. The normalized spacial score (nSPS) is 11.6. The molecular formula is C11H18O4Si. The molecule has 0 saturated heterocycles. The summed E-state index contributed by atoms with van der Waals surface area (Å²) < 4.78 is 21.3. The Bertz CT molecular complexity index is 342. The standard InChI is InChI=1S/C11H18O4Si/c1-9-6-7-11(10(2)8-9)15-16(12-3,13-4)14-5/h6-8H,1-5H3. The highest BCUT2D eigenvalue weighted by molar-refractivity contribution is 6.54. The van der Waals surface area contributed by atoms with Crippen molar-refractivity contribution in [3.05, 3.63) is 29.3 Å². The van der Waals surface area contributed by atoms with Crippen molar-refractivity contribution >= 4 is 9.05 Å². The molecule has 0 saturated carbocycles. The van der Waals surface area contributed by atoms with E-state index in [1.165, 1.54) is 26.9 Å². The molecule has 0 unspecified atom stereocenters. The van der Waals surface area contributed by atoms with Gasteiger partial charge in [-0.25, -0.2) is 0 Å². The first-order chi connectivity index (χ1) is 7.56. The van der Waals surface area contributed by atoms with Gasteiger partial charge in [-0.1, -0.05) is 17.7 Å². The van der Waals surface area contributed by atoms with E-state index < -0.39 is 9.05 Å². The number of benzene rings is 1. The van der Waals surface area contributed by atoms with E-state index in [4.69, 9.17) is 17.7 Å². The van der Waals surface area contributed by atoms with Crippen LogP contribution in [-0.4, -0.2) is 30.4 Å². The highest BCUT2D eigenvalue weighted by atomic mass is 28.4. The van der Waals surface area contributed by atoms with E-state index >= 15 is 0 Å². The van der Waals surface area contributed by atoms with Crippen LogP contribution in [0.15, 0.2) is 18.2 Å². The Hall–Kier alpha value is -0.883. The summed E-state index contributed by atoms with van der Waals surface area (Å²) in [5.74, 6) is 0.725. The minimum Gasteiger partial charge on any atom is -0.480 e. The molecule has 0 radical (unpaired) electrons. The van der Waals surface area contributed by atoms with Crippen LogP contribution in [-0.2, 0) is 13.3 Å². The van der Waals surface area contributed by atoms with Crippen LogP contribution >= 0.6 is 0 Å². The fraction of sp³-hybridized carbons (Fsp3) is 0.455. The summed E-state index contributed by atoms with van der Waals surface area (Å²) in [4.78, 5) is 0. The zero-order chi connectivity index (χ0) is 12.2. The summed E-state index contributed by atoms with van der Waals surface area (Å²) in [6.07, 6.45) is 0. The lowest BCUT2D eigenvalue weighted by atomic mass is 10.1. The van der Waals surface area contributed by atoms with E-state index in [1.54, 1.807) is 0 Å². The second-order valence-corrected chi connectivity index (χ2v) is 5.91. The molecule has 0 aliphatic rings. The Morgan fingerprint density at radius 2 is 1.50 bits per heavy atom. The van der Waals surface area contributed by atoms with Crippen LogP contribution in [0.1, 0.15) is 11.1 Å². The topological polar surface area (TPSA) is 36.9 Å². The van der Waals surface area contributed by atoms with Gasteiger partial charge in [0.25, 0.3) is 0 Å². The molecule has 16 heavy (non-hydrogen) atoms. The minimum atomic E-state index is -3.01. The summed E-state index contributed by atoms with van der Waals surface area (Å²) in [5.41, 5.74) is 2.22. The van der Waals surface area contributed by atoms with Gasteiger partial charge < -0.3 is 17.7 Å². The van der Waals surface area contributed by atoms with E-state index in [2.05, 4.69) is 0 Å². The number of hydrogen-bond acceptors (Lipinski definition) is 4. The summed E-state index contributed by atoms with van der Waals surface area (Å²) >= 11 is 0. The fourth-order valence-corrected chi connectivity index (χ4v) is 2.67. The van der Waals surface area contributed by atoms with Crippen LogP contribution in [0.5, 0.6) is 5.75 Å². The number of rotatable bonds is 5. The third-order valence-electron chi connectivity index (χ3n) is 2.32. The minimum absolute atomic E-state index is 0.725. The van der Waals surface area contributed by atoms with Crippen molar-refractivity contribution < 1.29 is 17.7 Å². The maximum absolute atomic E-state index is 5.71. The molecule has 0 N–H and O–H groups in total. The largest absolute Gasteiger partial charge is 0.748 e. The molecule has 0 aliphatic carbocycles. The van der Waals surface area contributed by atoms with Crippen LogP contribution in [0, 0.1) is 13.8 Å². The third kappa shape index (κ3) is 2.82. The zero-order valence-electron chi connectivity index (χ0n) is 10.4. The molecule has 0 fully saturated rings. The van der Waals surface area contributed by atoms with Crippen LogP contribution in [0.4, 0.5) is 0 Å². The van der Waals surface area contributed by atoms with Crippen molar-refractivity contribution in [3.63, 3.8) is 0 Å². The summed E-state index contributed by atoms with van der Waals surface area (Å²) in [6.45, 7) is 4.01. The Morgan fingerprint density at radius 3 is 1.94 bits per heavy atom. The van der Waals surface area contributed by atoms with Crippen LogP contribution in [0.3, 0.4) is 0 Å². The lowest BCUT2D eigenvalue weighted by molar-refractivity contribution is 0.0508. The first-order valence-electron chi connectivity index (χ1n) is 4.98. The lowest BCUT2D eigenvalue weighted by Crippen LogP contribution is -2.49. The highest BCUT2D eigenvalue weighted by Gasteiger charge is 2.45. The van der Waals surface area contributed by atoms with E-state index in [0.717, 1.165) is 11.3 Å². The Labute approximate surface area is 97.6 Å². The molecule has 1 aromatic carbocycles. The molecule has 0 heterocycles. The average molecular weight is 242 g/mol. The van der Waals surface area contributed by atoms with Gasteiger partial charge in [0.15, 0.2) is 0 Å². The van der Waals surface area contributed by atoms with Crippen LogP contribution in [0.2, 0.25) is 0 Å². The zero-order valence-corrected chi connectivity index (χ0v) is 11.4. The Kier molecular flexibility index (Phi) is 4.49. The molecule has 0 aliphatic heterocycles. The van der Waals surface area contributed by atoms with Crippen molar-refractivity contribution in [1.82, 2.24) is 0 Å². The average Bonchev–Trinajstić information content (AvgIpc) is 2.29. The van der Waals surface area contributed by atoms with Gasteiger partial charge in [0.2, 0.25) is 0 Å². The molecule has 0 atom stereocenters. The maximum atomic E-state index is 5.71. The number of aryl methyl sites for hydroxylation is 2. The molecule has 1 aromatic rings. The predicted octanol–water partition coefficient (Wildman–Crippen LogP) is 2.06. The van der Waals surface area contributed by atoms with Gasteiger partial charge in [0.1, 0.15) is 5.75 Å². The fourth-order valence-electron chi connectivity index (χ4n) is 1.42. The van der Waals surface area contributed by atoms with Gasteiger partial charge in [-0.05, 0) is 25.5 Å². The second-order valence-electron chi connectivity index (χ2n) is 3.48. The third-order valence-corrected chi connectivity index (χ3v) is 4.29. The van der Waals surface area contributed by atoms with Crippen molar-refractivity contribution in [3.8, 4) is 5.75 Å². The summed E-state index contributed by atoms with van der Waals surface area (Å²) in [5, 5.41) is 0. The smallest absolute Gasteiger partial charge is 0.480 e. The van der Waals surface area contributed by atoms with Gasteiger partial charge in [-0.2, -0.15) is 0 Å². The molecule has 4 nitrogen and oxygen atoms in total. The van der Waals surface area contributed by atoms with Crippen LogP contribution < -0.4 is 4.43 Å². The van der Waals surface area contributed by atoms with Gasteiger partial charge >= 0.3 is 9.05 Å². The van der Waals surface area contributed by atoms with E-state index in [9.17, 15) is 0 Å². The van der Waals surface area contributed by atoms with E-state index in [0.29, 0.717) is 0 Å². The first kappa shape index (κ1) is 13.2. The quantitative estimate of drug-likeness (QED) is 0.741. The lowest BCUT2D eigenvalue weighted by Gasteiger charge is -2.24. The van der Waals surface area contributed by atoms with Gasteiger partial charge in [-0.15, -0.1) is 0 Å². The van der Waals surface area contributed by atoms with Crippen molar-refractivity contribution in [1.29, 1.82) is 0 Å². The molecule has 0 amide bonds. The monoisotopic (exact) mass is 242 g/mol. The van der Waals surface area contributed by atoms with Crippen molar-refractivity contribution in [2.24, 2.45) is 0 Å². The SMILES string of the molecule is CO[Si](OC)(OC)Oc1ccc(C)cc1C. The molecule has 90 valence electrons. The summed E-state index contributed by atoms with van der Waals surface area (Å²) in [7, 11) is 1.54. The molecule has 0 aromatic heterocycles. The maximum Gasteiger partial charge on any atom is 0.748 e. The second kappa shape index (κ2) is 5.45. The molecule has 0 spiro atoms. The highest BCUT2D eigenvalue weighted by Crippen LogP contribution is 2.23. The van der Waals surface area contributed by atoms with Gasteiger partial charge in [0.05, 0.1) is 0 Å². The van der Waals surface area contributed by atoms with E-state index in [1.807, 2.05) is 32.0 Å². The molecular weight excluding hydrogens is 224 g/mol. The molecule has 0 bridgehead atoms. The predicted molar refractivity (Wildman–Crippen MR) is 63.3 cm³/mol. The Balaban J connectivity index is 2.93. The Morgan fingerprint density at radius 1 is 0.938 bits per heavy atom. The van der Waals surface area contributed by atoms with Crippen molar-refractivity contribution in [2.75, 3.05) is 21.3 Å². The van der Waals surface area contributed by atoms with Gasteiger partial charge in [0, 0.05) is 21.3 Å². The first-order valence-corrected chi connectivity index (χ1v) is 6.62. The van der Waals surface area contributed by atoms with Gasteiger partial charge in [-0.3, -0.25) is 0 Å². The number of hydrogen-bond donors (Lipinski definition) is 0. The van der Waals surface area contributed by atoms with E-state index in [-0.39, 0.29) is 0 Å². The molecule has 5 heteroatoms. The molecule has 1 rings (SSSR count).